The minimum absolute atomic E-state index is 0.836. The number of pyridine rings is 6. The lowest BCUT2D eigenvalue weighted by molar-refractivity contribution is 1.36. The minimum Gasteiger partial charge on any atom is -0.247 e. The van der Waals surface area contributed by atoms with Crippen LogP contribution in [-0.4, -0.2) is 29.9 Å². The van der Waals surface area contributed by atoms with E-state index in [0.717, 1.165) is 188 Å². The molecule has 0 aliphatic heterocycles. The Morgan fingerprint density at radius 2 is 0.460 bits per heavy atom. The number of hydrogen-bond acceptors (Lipinski definition) is 6. The molecule has 0 amide bonds. The smallest absolute Gasteiger partial charge is 0.0978 e. The molecule has 0 atom stereocenters. The molecule has 20 aromatic rings. The third-order valence-electron chi connectivity index (χ3n) is 20.2. The molecule has 6 aromatic heterocycles. The van der Waals surface area contributed by atoms with Gasteiger partial charge in [-0.25, -0.2) is 29.9 Å². The molecule has 0 fully saturated rings. The number of nitrogens with zero attached hydrogens (tertiary/aromatic N) is 6. The second-order valence-electron chi connectivity index (χ2n) is 26.1. The fourth-order valence-corrected chi connectivity index (χ4v) is 15.1. The van der Waals surface area contributed by atoms with Crippen LogP contribution in [0.2, 0.25) is 0 Å². The van der Waals surface area contributed by atoms with E-state index in [2.05, 4.69) is 340 Å². The third-order valence-corrected chi connectivity index (χ3v) is 20.2. The summed E-state index contributed by atoms with van der Waals surface area (Å²) in [6.07, 6.45) is 0. The highest BCUT2D eigenvalue weighted by molar-refractivity contribution is 6.16. The molecule has 6 heteroatoms. The first kappa shape index (κ1) is 56.9. The molecule has 20 rings (SSSR count). The first-order valence-electron chi connectivity index (χ1n) is 34.0. The van der Waals surface area contributed by atoms with Gasteiger partial charge in [-0.3, -0.25) is 0 Å². The van der Waals surface area contributed by atoms with Gasteiger partial charge in [-0.1, -0.05) is 267 Å². The summed E-state index contributed by atoms with van der Waals surface area (Å²) < 4.78 is 0. The van der Waals surface area contributed by atoms with Crippen molar-refractivity contribution in [3.63, 3.8) is 0 Å². The van der Waals surface area contributed by atoms with Gasteiger partial charge in [0, 0.05) is 76.5 Å². The van der Waals surface area contributed by atoms with Crippen molar-refractivity contribution in [3.8, 4) is 101 Å². The van der Waals surface area contributed by atoms with Crippen molar-refractivity contribution < 1.29 is 0 Å². The number of fused-ring (bicyclic) bond motifs is 14. The summed E-state index contributed by atoms with van der Waals surface area (Å²) in [4.78, 5) is 32.5. The predicted molar refractivity (Wildman–Crippen MR) is 417 cm³/mol. The van der Waals surface area contributed by atoms with Gasteiger partial charge < -0.3 is 0 Å². The molecule has 0 aliphatic carbocycles. The SMILES string of the molecule is c1cc(-c2ccc3ccc4ccccc4c3n2)cc(-c2ccc3ccc4ccc(-c5ccc(-c6cccc7c(-c8cc9ccc(-c%10cccc(-c%11ccc%12ccccc%12c%11)c%10)nc9c9nc(-c%10cccc(-c%11ccc%12ccc%13ccccc%13c%12n%11)c%10)ccc89)cccc67)cc5)nc4c3n2)c1. The average Bonchev–Trinajstić information content (AvgIpc) is 0.736. The van der Waals surface area contributed by atoms with Crippen molar-refractivity contribution in [2.24, 2.45) is 0 Å². The van der Waals surface area contributed by atoms with Crippen molar-refractivity contribution in [2.75, 3.05) is 0 Å². The van der Waals surface area contributed by atoms with Gasteiger partial charge in [0.1, 0.15) is 0 Å². The Hall–Kier alpha value is -13.4. The molecule has 0 saturated carbocycles. The van der Waals surface area contributed by atoms with E-state index in [1.165, 1.54) is 21.5 Å². The van der Waals surface area contributed by atoms with Crippen molar-refractivity contribution in [1.82, 2.24) is 29.9 Å². The summed E-state index contributed by atoms with van der Waals surface area (Å²) in [5, 5.41) is 15.7. The molecular weight excluding hydrogens is 1210 g/mol. The molecule has 0 aliphatic rings. The van der Waals surface area contributed by atoms with Crippen LogP contribution in [0.3, 0.4) is 0 Å². The maximum Gasteiger partial charge on any atom is 0.0978 e. The second-order valence-corrected chi connectivity index (χ2v) is 26.1. The molecule has 462 valence electrons. The molecule has 6 nitrogen and oxygen atoms in total. The van der Waals surface area contributed by atoms with Crippen LogP contribution in [0.5, 0.6) is 0 Å². The van der Waals surface area contributed by atoms with E-state index in [-0.39, 0.29) is 0 Å². The van der Waals surface area contributed by atoms with Gasteiger partial charge in [0.15, 0.2) is 0 Å². The van der Waals surface area contributed by atoms with Gasteiger partial charge in [0.2, 0.25) is 0 Å². The van der Waals surface area contributed by atoms with Crippen LogP contribution in [0, 0.1) is 0 Å². The maximum atomic E-state index is 5.67. The Morgan fingerprint density at radius 1 is 0.130 bits per heavy atom. The molecule has 0 unspecified atom stereocenters. The predicted octanol–water partition coefficient (Wildman–Crippen LogP) is 24.6. The van der Waals surface area contributed by atoms with E-state index in [4.69, 9.17) is 29.9 Å². The molecular formula is C94H56N6. The molecule has 0 saturated heterocycles. The number of rotatable bonds is 9. The van der Waals surface area contributed by atoms with E-state index >= 15 is 0 Å². The summed E-state index contributed by atoms with van der Waals surface area (Å²) >= 11 is 0. The van der Waals surface area contributed by atoms with Gasteiger partial charge in [-0.05, 0) is 138 Å². The van der Waals surface area contributed by atoms with Crippen molar-refractivity contribution in [2.45, 2.75) is 0 Å². The van der Waals surface area contributed by atoms with Gasteiger partial charge in [-0.2, -0.15) is 0 Å². The van der Waals surface area contributed by atoms with E-state index in [9.17, 15) is 0 Å². The standard InChI is InChI=1S/C94H56N6/c1-2-15-66-52-68(39-28-57(66)12-1)67-16-7-17-69(53-67)87-50-44-74-56-82(81-45-51-88(100-94(81)93(74)99-87)73-21-9-19-71(55-73)85-48-41-63-36-32-59-14-4-6-23-77(59)90(63)96-85)80-27-11-25-78-75(24-10-26-79(78)80)60-29-33-61(34-30-60)83-46-42-64-37-38-65-43-49-86(98-92(65)91(64)97-83)72-20-8-18-70(54-72)84-47-40-62-35-31-58-13-3-5-22-76(58)89(62)95-84/h1-56H. The Morgan fingerprint density at radius 3 is 1.01 bits per heavy atom. The monoisotopic (exact) mass is 1270 g/mol. The quantitative estimate of drug-likeness (QED) is 0.134. The van der Waals surface area contributed by atoms with Crippen LogP contribution in [-0.2, 0) is 0 Å². The molecule has 0 radical (unpaired) electrons. The van der Waals surface area contributed by atoms with Crippen LogP contribution in [0.25, 0.3) is 209 Å². The van der Waals surface area contributed by atoms with Gasteiger partial charge in [0.05, 0.1) is 67.3 Å². The van der Waals surface area contributed by atoms with Crippen molar-refractivity contribution in [3.05, 3.63) is 340 Å². The van der Waals surface area contributed by atoms with Crippen molar-refractivity contribution >= 4 is 109 Å². The molecule has 0 bridgehead atoms. The lowest BCUT2D eigenvalue weighted by Crippen LogP contribution is -1.94. The van der Waals surface area contributed by atoms with Gasteiger partial charge >= 0.3 is 0 Å². The van der Waals surface area contributed by atoms with Crippen LogP contribution >= 0.6 is 0 Å². The lowest BCUT2D eigenvalue weighted by atomic mass is 9.90. The lowest BCUT2D eigenvalue weighted by Gasteiger charge is -2.16. The van der Waals surface area contributed by atoms with Crippen molar-refractivity contribution in [1.29, 1.82) is 0 Å². The molecule has 100 heavy (non-hydrogen) atoms. The van der Waals surface area contributed by atoms with E-state index in [1.54, 1.807) is 0 Å². The van der Waals surface area contributed by atoms with E-state index in [1.807, 2.05) is 0 Å². The topological polar surface area (TPSA) is 77.3 Å². The number of benzene rings is 14. The molecule has 6 heterocycles. The highest BCUT2D eigenvalue weighted by Gasteiger charge is 2.20. The zero-order valence-corrected chi connectivity index (χ0v) is 54.0. The van der Waals surface area contributed by atoms with E-state index < -0.39 is 0 Å². The Kier molecular flexibility index (Phi) is 13.2. The molecule has 14 aromatic carbocycles. The normalized spacial score (nSPS) is 11.8. The van der Waals surface area contributed by atoms with Gasteiger partial charge in [0.25, 0.3) is 0 Å². The van der Waals surface area contributed by atoms with Crippen LogP contribution in [0.1, 0.15) is 0 Å². The largest absolute Gasteiger partial charge is 0.247 e. The summed E-state index contributed by atoms with van der Waals surface area (Å²) in [6, 6.07) is 121. The van der Waals surface area contributed by atoms with E-state index in [0.29, 0.717) is 0 Å². The third kappa shape index (κ3) is 9.80. The Bertz CT molecular complexity index is 6800. The fourth-order valence-electron chi connectivity index (χ4n) is 15.1. The number of hydrogen-bond donors (Lipinski definition) is 0. The summed E-state index contributed by atoms with van der Waals surface area (Å²) in [6.45, 7) is 0. The zero-order chi connectivity index (χ0) is 65.8. The highest BCUT2D eigenvalue weighted by atomic mass is 14.8. The minimum atomic E-state index is 0.836. The number of aromatic nitrogens is 6. The average molecular weight is 1270 g/mol. The molecule has 0 spiro atoms. The molecule has 0 N–H and O–H groups in total. The first-order valence-corrected chi connectivity index (χ1v) is 34.0. The Labute approximate surface area is 575 Å². The summed E-state index contributed by atoms with van der Waals surface area (Å²) in [5.41, 5.74) is 23.7. The zero-order valence-electron chi connectivity index (χ0n) is 54.0. The Balaban J connectivity index is 0.659. The van der Waals surface area contributed by atoms with Crippen LogP contribution < -0.4 is 0 Å². The first-order chi connectivity index (χ1) is 49.5. The van der Waals surface area contributed by atoms with Crippen LogP contribution in [0.15, 0.2) is 340 Å². The van der Waals surface area contributed by atoms with Crippen LogP contribution in [0.4, 0.5) is 0 Å². The maximum absolute atomic E-state index is 5.67. The summed E-state index contributed by atoms with van der Waals surface area (Å²) in [5.74, 6) is 0. The second kappa shape index (κ2) is 23.2. The highest BCUT2D eigenvalue weighted by Crippen LogP contribution is 2.43. The summed E-state index contributed by atoms with van der Waals surface area (Å²) in [7, 11) is 0. The van der Waals surface area contributed by atoms with Gasteiger partial charge in [-0.15, -0.1) is 0 Å². The fraction of sp³-hybridized carbons (Fsp3) is 0.